The van der Waals surface area contributed by atoms with E-state index >= 15 is 0 Å². The minimum atomic E-state index is -3.65. The highest BCUT2D eigenvalue weighted by molar-refractivity contribution is 7.89. The molecule has 4 rings (SSSR count). The van der Waals surface area contributed by atoms with Gasteiger partial charge in [0.25, 0.3) is 5.91 Å². The Morgan fingerprint density at radius 3 is 2.28 bits per heavy atom. The van der Waals surface area contributed by atoms with Gasteiger partial charge < -0.3 is 0 Å². The van der Waals surface area contributed by atoms with E-state index in [0.717, 1.165) is 52.6 Å². The Morgan fingerprint density at radius 2 is 1.67 bits per heavy atom. The fraction of sp³-hybridized carbons (Fsp3) is 0.367. The van der Waals surface area contributed by atoms with E-state index in [1.165, 1.54) is 11.3 Å². The maximum Gasteiger partial charge on any atom is 0.260 e. The second-order valence-corrected chi connectivity index (χ2v) is 12.8. The number of nitrogens with zero attached hydrogens (tertiary/aromatic N) is 4. The predicted molar refractivity (Wildman–Crippen MR) is 159 cm³/mol. The van der Waals surface area contributed by atoms with Crippen LogP contribution in [0, 0.1) is 13.8 Å². The van der Waals surface area contributed by atoms with Gasteiger partial charge in [-0.3, -0.25) is 14.7 Å². The number of fused-ring (bicyclic) bond motifs is 1. The summed E-state index contributed by atoms with van der Waals surface area (Å²) in [5.74, 6) is -0.245. The number of thiazole rings is 1. The number of carbonyl (C=O) groups is 1. The Morgan fingerprint density at radius 1 is 0.974 bits per heavy atom. The highest BCUT2D eigenvalue weighted by Crippen LogP contribution is 2.33. The average molecular weight is 565 g/mol. The van der Waals surface area contributed by atoms with Crippen LogP contribution >= 0.6 is 11.3 Å². The Bertz CT molecular complexity index is 1510. The molecule has 0 spiro atoms. The fourth-order valence-electron chi connectivity index (χ4n) is 4.47. The molecule has 0 atom stereocenters. The normalized spacial score (nSPS) is 11.8. The summed E-state index contributed by atoms with van der Waals surface area (Å²) >= 11 is 1.47. The predicted octanol–water partition coefficient (Wildman–Crippen LogP) is 6.75. The first-order valence-corrected chi connectivity index (χ1v) is 15.7. The van der Waals surface area contributed by atoms with Gasteiger partial charge in [0.05, 0.1) is 21.7 Å². The van der Waals surface area contributed by atoms with Crippen molar-refractivity contribution in [2.24, 2.45) is 0 Å². The van der Waals surface area contributed by atoms with Crippen LogP contribution in [0.25, 0.3) is 10.2 Å². The van der Waals surface area contributed by atoms with E-state index in [1.807, 2.05) is 26.0 Å². The third-order valence-electron chi connectivity index (χ3n) is 6.62. The molecule has 0 radical (unpaired) electrons. The van der Waals surface area contributed by atoms with Crippen LogP contribution < -0.4 is 4.90 Å². The van der Waals surface area contributed by atoms with Crippen molar-refractivity contribution in [1.29, 1.82) is 0 Å². The fourth-order valence-corrected chi connectivity index (χ4v) is 7.13. The number of rotatable bonds is 12. The summed E-state index contributed by atoms with van der Waals surface area (Å²) in [6.45, 7) is 9.46. The van der Waals surface area contributed by atoms with Crippen LogP contribution in [0.15, 0.2) is 65.8 Å². The lowest BCUT2D eigenvalue weighted by atomic mass is 10.1. The molecule has 0 fully saturated rings. The van der Waals surface area contributed by atoms with Crippen molar-refractivity contribution >= 4 is 42.6 Å². The van der Waals surface area contributed by atoms with E-state index < -0.39 is 10.0 Å². The number of anilines is 1. The van der Waals surface area contributed by atoms with Gasteiger partial charge in [0.1, 0.15) is 0 Å². The Kier molecular flexibility index (Phi) is 9.48. The van der Waals surface area contributed by atoms with Crippen molar-refractivity contribution in [3.8, 4) is 0 Å². The van der Waals surface area contributed by atoms with Gasteiger partial charge >= 0.3 is 0 Å². The molecule has 2 aromatic carbocycles. The first kappa shape index (κ1) is 28.9. The molecule has 0 saturated heterocycles. The first-order valence-electron chi connectivity index (χ1n) is 13.4. The van der Waals surface area contributed by atoms with Crippen LogP contribution in [0.3, 0.4) is 0 Å². The number of aryl methyl sites for hydroxylation is 2. The molecule has 4 aromatic rings. The molecule has 39 heavy (non-hydrogen) atoms. The summed E-state index contributed by atoms with van der Waals surface area (Å²) < 4.78 is 29.4. The van der Waals surface area contributed by atoms with Crippen molar-refractivity contribution in [2.75, 3.05) is 18.0 Å². The highest BCUT2D eigenvalue weighted by Gasteiger charge is 2.26. The number of amides is 1. The number of hydrogen-bond donors (Lipinski definition) is 0. The van der Waals surface area contributed by atoms with Crippen molar-refractivity contribution < 1.29 is 13.2 Å². The maximum atomic E-state index is 13.9. The van der Waals surface area contributed by atoms with Crippen LogP contribution in [-0.4, -0.2) is 41.7 Å². The molecule has 2 heterocycles. The van der Waals surface area contributed by atoms with Gasteiger partial charge in [-0.05, 0) is 79.8 Å². The summed E-state index contributed by atoms with van der Waals surface area (Å²) in [5.41, 5.74) is 4.36. The van der Waals surface area contributed by atoms with Crippen LogP contribution in [-0.2, 0) is 16.6 Å². The molecular formula is C30H36N4O3S2. The lowest BCUT2D eigenvalue weighted by Gasteiger charge is -2.22. The third kappa shape index (κ3) is 6.72. The number of hydrogen-bond acceptors (Lipinski definition) is 6. The number of pyridine rings is 1. The number of aromatic nitrogens is 2. The third-order valence-corrected chi connectivity index (χ3v) is 9.56. The van der Waals surface area contributed by atoms with Gasteiger partial charge in [0.2, 0.25) is 10.0 Å². The van der Waals surface area contributed by atoms with Gasteiger partial charge in [0, 0.05) is 31.0 Å². The van der Waals surface area contributed by atoms with E-state index in [2.05, 4.69) is 31.0 Å². The number of unbranched alkanes of at least 4 members (excludes halogenated alkanes) is 2. The number of benzene rings is 2. The standard InChI is InChI=1S/C30H36N4O3S2/c1-5-7-16-33(17-8-6-2)39(36,37)26-13-11-25(12-14-26)29(35)34(21-24-10-9-15-31-20-24)30-32-28-23(4)18-22(3)19-27(28)38-30/h9-15,18-20H,5-8,16-17,21H2,1-4H3. The molecular weight excluding hydrogens is 528 g/mol. The van der Waals surface area contributed by atoms with Gasteiger partial charge in [-0.2, -0.15) is 4.31 Å². The maximum absolute atomic E-state index is 13.9. The molecule has 9 heteroatoms. The monoisotopic (exact) mass is 564 g/mol. The van der Waals surface area contributed by atoms with Crippen LogP contribution in [0.5, 0.6) is 0 Å². The smallest absolute Gasteiger partial charge is 0.260 e. The van der Waals surface area contributed by atoms with Gasteiger partial charge in [0.15, 0.2) is 5.13 Å². The zero-order valence-electron chi connectivity index (χ0n) is 23.1. The molecule has 0 aliphatic carbocycles. The lowest BCUT2D eigenvalue weighted by molar-refractivity contribution is 0.0985. The molecule has 7 nitrogen and oxygen atoms in total. The second kappa shape index (κ2) is 12.8. The summed E-state index contributed by atoms with van der Waals surface area (Å²) in [6, 6.07) is 14.2. The second-order valence-electron chi connectivity index (χ2n) is 9.81. The van der Waals surface area contributed by atoms with Gasteiger partial charge in [-0.25, -0.2) is 13.4 Å². The average Bonchev–Trinajstić information content (AvgIpc) is 3.36. The Balaban J connectivity index is 1.67. The zero-order chi connectivity index (χ0) is 28.0. The van der Waals surface area contributed by atoms with Gasteiger partial charge in [-0.1, -0.05) is 50.2 Å². The quantitative estimate of drug-likeness (QED) is 0.190. The minimum absolute atomic E-state index is 0.205. The molecule has 1 amide bonds. The number of carbonyl (C=O) groups excluding carboxylic acids is 1. The molecule has 0 aliphatic rings. The first-order chi connectivity index (χ1) is 18.7. The topological polar surface area (TPSA) is 83.5 Å². The summed E-state index contributed by atoms with van der Waals surface area (Å²) in [7, 11) is -3.65. The minimum Gasteiger partial charge on any atom is -0.279 e. The van der Waals surface area contributed by atoms with Crippen molar-refractivity contribution in [2.45, 2.75) is 64.8 Å². The van der Waals surface area contributed by atoms with Crippen LogP contribution in [0.1, 0.15) is 66.6 Å². The van der Waals surface area contributed by atoms with E-state index in [0.29, 0.717) is 30.3 Å². The van der Waals surface area contributed by atoms with E-state index in [-0.39, 0.29) is 10.8 Å². The highest BCUT2D eigenvalue weighted by atomic mass is 32.2. The molecule has 0 bridgehead atoms. The molecule has 0 aliphatic heterocycles. The van der Waals surface area contributed by atoms with Crippen molar-refractivity contribution in [3.63, 3.8) is 0 Å². The molecule has 0 unspecified atom stereocenters. The SMILES string of the molecule is CCCCN(CCCC)S(=O)(=O)c1ccc(C(=O)N(Cc2cccnc2)c2nc3c(C)cc(C)cc3s2)cc1. The lowest BCUT2D eigenvalue weighted by Crippen LogP contribution is -2.33. The van der Waals surface area contributed by atoms with Crippen molar-refractivity contribution in [3.05, 3.63) is 83.2 Å². The van der Waals surface area contributed by atoms with Crippen LogP contribution in [0.4, 0.5) is 5.13 Å². The van der Waals surface area contributed by atoms with Crippen LogP contribution in [0.2, 0.25) is 0 Å². The van der Waals surface area contributed by atoms with E-state index in [9.17, 15) is 13.2 Å². The molecule has 2 aromatic heterocycles. The molecule has 0 saturated carbocycles. The van der Waals surface area contributed by atoms with Crippen molar-refractivity contribution in [1.82, 2.24) is 14.3 Å². The summed E-state index contributed by atoms with van der Waals surface area (Å²) in [4.78, 5) is 24.8. The molecule has 0 N–H and O–H groups in total. The van der Waals surface area contributed by atoms with E-state index in [4.69, 9.17) is 4.98 Å². The van der Waals surface area contributed by atoms with E-state index in [1.54, 1.807) is 45.9 Å². The largest absolute Gasteiger partial charge is 0.279 e. The van der Waals surface area contributed by atoms with Gasteiger partial charge in [-0.15, -0.1) is 0 Å². The molecule has 206 valence electrons. The Labute approximate surface area is 235 Å². The zero-order valence-corrected chi connectivity index (χ0v) is 24.7. The summed E-state index contributed by atoms with van der Waals surface area (Å²) in [6.07, 6.45) is 6.89. The number of sulfonamides is 1. The Hall–Kier alpha value is -3.14. The summed E-state index contributed by atoms with van der Waals surface area (Å²) in [5, 5.41) is 0.592.